The second-order valence-electron chi connectivity index (χ2n) is 19.2. The van der Waals surface area contributed by atoms with Crippen molar-refractivity contribution in [3.8, 4) is 28.7 Å². The van der Waals surface area contributed by atoms with E-state index in [1.165, 1.54) is 20.1 Å². The van der Waals surface area contributed by atoms with Crippen LogP contribution >= 0.6 is 0 Å². The van der Waals surface area contributed by atoms with E-state index >= 15 is 0 Å². The second-order valence-corrected chi connectivity index (χ2v) is 19.2. The van der Waals surface area contributed by atoms with Crippen LogP contribution in [0.1, 0.15) is 85.2 Å². The average molecular weight is 881 g/mol. The molecule has 1 aliphatic carbocycles. The molecule has 2 aromatic rings. The Hall–Kier alpha value is -5.44. The highest BCUT2D eigenvalue weighted by molar-refractivity contribution is 6.22. The van der Waals surface area contributed by atoms with Crippen LogP contribution < -0.4 is 20.4 Å². The van der Waals surface area contributed by atoms with E-state index in [-0.39, 0.29) is 96.8 Å². The molecule has 1 amide bonds. The van der Waals surface area contributed by atoms with Crippen molar-refractivity contribution in [1.29, 1.82) is 0 Å². The number of fused-ring (bicyclic) bond motifs is 14. The van der Waals surface area contributed by atoms with Crippen LogP contribution in [0.15, 0.2) is 57.5 Å². The molecule has 9 atom stereocenters. The van der Waals surface area contributed by atoms with Crippen LogP contribution in [-0.2, 0) is 9.53 Å². The Balaban J connectivity index is 1.42. The number of aromatic nitrogens is 1. The van der Waals surface area contributed by atoms with Gasteiger partial charge in [-0.05, 0) is 49.5 Å². The first-order chi connectivity index (χ1) is 30.1. The van der Waals surface area contributed by atoms with E-state index in [1.807, 2.05) is 33.8 Å². The number of aliphatic hydroxyl groups is 2. The summed E-state index contributed by atoms with van der Waals surface area (Å²) in [5.41, 5.74) is -0.181. The number of benzene rings is 3. The number of ketones is 1. The zero-order chi connectivity index (χ0) is 46.7. The molecule has 0 aromatic heterocycles. The Morgan fingerprint density at radius 2 is 1.56 bits per heavy atom. The highest BCUT2D eigenvalue weighted by atomic mass is 16.7. The highest BCUT2D eigenvalue weighted by Gasteiger charge is 2.50. The summed E-state index contributed by atoms with van der Waals surface area (Å²) < 4.78 is 18.9. The van der Waals surface area contributed by atoms with E-state index in [9.17, 15) is 34.8 Å². The minimum atomic E-state index is -1.93. The lowest BCUT2D eigenvalue weighted by molar-refractivity contribution is -0.112. The van der Waals surface area contributed by atoms with Crippen LogP contribution in [0.4, 0.5) is 11.4 Å². The number of nitrogens with one attached hydrogen (secondary N) is 1. The monoisotopic (exact) mass is 880 g/mol. The Labute approximate surface area is 374 Å². The number of piperazine rings is 1. The van der Waals surface area contributed by atoms with Crippen LogP contribution in [0.25, 0.3) is 33.3 Å². The van der Waals surface area contributed by atoms with Crippen molar-refractivity contribution < 1.29 is 43.9 Å². The van der Waals surface area contributed by atoms with Gasteiger partial charge in [-0.25, -0.2) is 4.98 Å². The lowest BCUT2D eigenvalue weighted by Gasteiger charge is -2.36. The van der Waals surface area contributed by atoms with Gasteiger partial charge in [-0.15, -0.1) is 0 Å². The maximum absolute atomic E-state index is 14.8. The van der Waals surface area contributed by atoms with Crippen molar-refractivity contribution in [2.75, 3.05) is 42.9 Å². The Morgan fingerprint density at radius 1 is 0.875 bits per heavy atom. The fourth-order valence-corrected chi connectivity index (χ4v) is 9.52. The first-order valence-corrected chi connectivity index (χ1v) is 22.6. The number of carbonyl (C=O) groups excluding carboxylic acids is 2. The molecule has 344 valence electrons. The number of ether oxygens (including phenoxy) is 2. The zero-order valence-corrected chi connectivity index (χ0v) is 38.9. The molecule has 0 unspecified atom stereocenters. The molecular formula is C50H64N4O10. The molecule has 5 aliphatic heterocycles. The molecule has 0 saturated carbocycles. The first-order valence-electron chi connectivity index (χ1n) is 22.6. The standard InChI is InChI=1S/C50H64N4O10/c1-24(2)23-53-16-18-54(19-17-53)33-21-34(55)39-35(22-33)63-47-40(51-39)36-37-44(58)32(10)46-38(36)48(60)50(11,64-46)62-20-15-25(3)28(6)29(7)30(8)43(57)31(9)42(56)26(4)13-12-14-27(5)49(61)52-41(47)45(37)59/h12-15,20-22,24-26,28-31,42-43,55-58H,16-19,23H2,1-11H3,(H,52,61)/b13-12+,20-15+,27-14-/t25-,26-,28+,29+,30-,31+,42-,43-,50-/m0/s1. The van der Waals surface area contributed by atoms with Crippen molar-refractivity contribution in [1.82, 2.24) is 9.88 Å². The maximum atomic E-state index is 14.8. The van der Waals surface area contributed by atoms with Gasteiger partial charge in [0.2, 0.25) is 5.43 Å². The predicted octanol–water partition coefficient (Wildman–Crippen LogP) is 7.76. The molecule has 0 radical (unpaired) electrons. The van der Waals surface area contributed by atoms with Gasteiger partial charge < -0.3 is 44.5 Å². The molecule has 14 nitrogen and oxygen atoms in total. The molecular weight excluding hydrogens is 817 g/mol. The van der Waals surface area contributed by atoms with Gasteiger partial charge in [-0.2, -0.15) is 0 Å². The van der Waals surface area contributed by atoms with Crippen LogP contribution in [0, 0.1) is 48.3 Å². The van der Waals surface area contributed by atoms with Gasteiger partial charge in [-0.1, -0.05) is 73.6 Å². The molecule has 5 N–H and O–H groups in total. The topological polar surface area (TPSA) is 195 Å². The van der Waals surface area contributed by atoms with Gasteiger partial charge in [0, 0.05) is 85.8 Å². The number of carbonyl (C=O) groups is 2. The second kappa shape index (κ2) is 17.9. The van der Waals surface area contributed by atoms with E-state index in [4.69, 9.17) is 18.9 Å². The predicted molar refractivity (Wildman–Crippen MR) is 248 cm³/mol. The Morgan fingerprint density at radius 3 is 2.23 bits per heavy atom. The Bertz CT molecular complexity index is 2590. The molecule has 1 saturated heterocycles. The highest BCUT2D eigenvalue weighted by Crippen LogP contribution is 2.51. The van der Waals surface area contributed by atoms with Crippen molar-refractivity contribution in [3.05, 3.63) is 69.6 Å². The molecule has 1 fully saturated rings. The van der Waals surface area contributed by atoms with Crippen LogP contribution in [0.2, 0.25) is 0 Å². The minimum absolute atomic E-state index is 0.00995. The zero-order valence-electron chi connectivity index (χ0n) is 38.9. The van der Waals surface area contributed by atoms with Gasteiger partial charge in [0.05, 0.1) is 29.4 Å². The lowest BCUT2D eigenvalue weighted by Crippen LogP contribution is -2.47. The van der Waals surface area contributed by atoms with E-state index in [0.717, 1.165) is 19.6 Å². The molecule has 5 bridgehead atoms. The van der Waals surface area contributed by atoms with E-state index in [1.54, 1.807) is 37.3 Å². The van der Waals surface area contributed by atoms with Gasteiger partial charge in [0.15, 0.2) is 11.3 Å². The maximum Gasteiger partial charge on any atom is 0.312 e. The minimum Gasteiger partial charge on any atom is -0.507 e. The number of aliphatic hydroxyl groups excluding tert-OH is 2. The van der Waals surface area contributed by atoms with Crippen LogP contribution in [0.5, 0.6) is 17.2 Å². The lowest BCUT2D eigenvalue weighted by atomic mass is 9.72. The number of phenolic OH excluding ortho intramolecular Hbond substituents is 2. The van der Waals surface area contributed by atoms with E-state index in [2.05, 4.69) is 42.8 Å². The number of allylic oxidation sites excluding steroid dienone is 3. The van der Waals surface area contributed by atoms with Crippen molar-refractivity contribution in [2.45, 2.75) is 94.2 Å². The third kappa shape index (κ3) is 8.35. The number of anilines is 2. The van der Waals surface area contributed by atoms with Crippen LogP contribution in [0.3, 0.4) is 0 Å². The van der Waals surface area contributed by atoms with Gasteiger partial charge in [0.1, 0.15) is 34.1 Å². The van der Waals surface area contributed by atoms with Crippen molar-refractivity contribution in [3.63, 3.8) is 0 Å². The normalized spacial score (nSPS) is 30.7. The number of aromatic hydroxyl groups is 2. The number of Topliss-reactive ketones (excluding diaryl/α,β-unsaturated/α-hetero) is 1. The molecule has 5 heterocycles. The molecule has 0 spiro atoms. The fourth-order valence-electron chi connectivity index (χ4n) is 9.52. The number of hydrogen-bond acceptors (Lipinski definition) is 13. The number of phenols is 2. The van der Waals surface area contributed by atoms with Crippen molar-refractivity contribution in [2.24, 2.45) is 41.4 Å². The van der Waals surface area contributed by atoms with Gasteiger partial charge in [-0.3, -0.25) is 19.3 Å². The average Bonchev–Trinajstić information content (AvgIpc) is 3.52. The summed E-state index contributed by atoms with van der Waals surface area (Å²) in [6.45, 7) is 24.7. The van der Waals surface area contributed by atoms with Crippen molar-refractivity contribution >= 4 is 44.9 Å². The Kier molecular flexibility index (Phi) is 13.0. The smallest absolute Gasteiger partial charge is 0.312 e. The molecule has 6 aliphatic rings. The summed E-state index contributed by atoms with van der Waals surface area (Å²) in [5, 5.41) is 48.6. The molecule has 14 heteroatoms. The number of amides is 1. The summed E-state index contributed by atoms with van der Waals surface area (Å²) in [4.78, 5) is 52.9. The SMILES string of the molecule is C/C1=C/C=C/[C@H](C)[C@H](O)[C@@H](C)[C@@H](O)[C@@H](C)[C@H](C)[C@H](C)[C@@H](C)/C=C/O[C@@]2(C)Oc3c(C)c(O)c4c(=O)c(c5oc6cc(N7CCN(CC(C)C)CC7)cc(O)c6nc-5c4c3C2=O)NC1=O. The van der Waals surface area contributed by atoms with E-state index < -0.39 is 46.8 Å². The number of hydrogen-bond donors (Lipinski definition) is 5. The summed E-state index contributed by atoms with van der Waals surface area (Å²) >= 11 is 0. The number of nitrogens with zero attached hydrogens (tertiary/aromatic N) is 3. The van der Waals surface area contributed by atoms with Gasteiger partial charge in [0.25, 0.3) is 11.7 Å². The first kappa shape index (κ1) is 46.5. The largest absolute Gasteiger partial charge is 0.507 e. The summed E-state index contributed by atoms with van der Waals surface area (Å²) in [7, 11) is 0. The number of rotatable bonds is 3. The third-order valence-corrected chi connectivity index (χ3v) is 14.2. The fraction of sp³-hybridized carbons (Fsp3) is 0.520. The summed E-state index contributed by atoms with van der Waals surface area (Å²) in [6.07, 6.45) is 6.47. The molecule has 2 aromatic carbocycles. The molecule has 8 rings (SSSR count). The summed E-state index contributed by atoms with van der Waals surface area (Å²) in [5.74, 6) is -4.70. The van der Waals surface area contributed by atoms with Gasteiger partial charge >= 0.3 is 5.79 Å². The third-order valence-electron chi connectivity index (χ3n) is 14.2. The molecule has 64 heavy (non-hydrogen) atoms. The van der Waals surface area contributed by atoms with Crippen LogP contribution in [-0.4, -0.2) is 92.7 Å². The summed E-state index contributed by atoms with van der Waals surface area (Å²) in [6, 6.07) is 3.34. The van der Waals surface area contributed by atoms with E-state index in [0.29, 0.717) is 24.7 Å². The quantitative estimate of drug-likeness (QED) is 0.0991.